The fraction of sp³-hybridized carbons (Fsp3) is 0.261. The molecule has 3 aromatic rings. The molecule has 2 heterocycles. The summed E-state index contributed by atoms with van der Waals surface area (Å²) in [5.74, 6) is 0.285. The minimum atomic E-state index is -3.90. The molecule has 1 aliphatic heterocycles. The van der Waals surface area contributed by atoms with Crippen molar-refractivity contribution in [2.24, 2.45) is 0 Å². The number of hydrogen-bond donors (Lipinski definition) is 1. The number of methoxy groups -OCH3 is 1. The number of sulfonamides is 1. The summed E-state index contributed by atoms with van der Waals surface area (Å²) in [4.78, 5) is 16.5. The first kappa shape index (κ1) is 21.4. The van der Waals surface area contributed by atoms with Crippen LogP contribution in [-0.2, 0) is 10.0 Å². The summed E-state index contributed by atoms with van der Waals surface area (Å²) < 4.78 is 33.9. The molecule has 0 spiro atoms. The summed E-state index contributed by atoms with van der Waals surface area (Å²) in [5, 5.41) is 2.01. The van der Waals surface area contributed by atoms with Gasteiger partial charge < -0.3 is 9.64 Å². The van der Waals surface area contributed by atoms with E-state index in [4.69, 9.17) is 4.74 Å². The van der Waals surface area contributed by atoms with E-state index in [0.29, 0.717) is 23.5 Å². The molecule has 2 aromatic carbocycles. The second-order valence-electron chi connectivity index (χ2n) is 7.45. The van der Waals surface area contributed by atoms with Gasteiger partial charge in [0.25, 0.3) is 15.9 Å². The molecule has 1 amide bonds. The molecular weight excluding hydrogens is 432 g/mol. The van der Waals surface area contributed by atoms with E-state index in [1.807, 2.05) is 29.3 Å². The highest BCUT2D eigenvalue weighted by atomic mass is 32.2. The molecule has 1 aromatic heterocycles. The van der Waals surface area contributed by atoms with Crippen molar-refractivity contribution in [1.82, 2.24) is 4.90 Å². The average molecular weight is 457 g/mol. The number of likely N-dealkylation sites (tertiary alicyclic amines) is 1. The molecule has 162 valence electrons. The van der Waals surface area contributed by atoms with Crippen molar-refractivity contribution in [2.45, 2.75) is 30.7 Å². The highest BCUT2D eigenvalue weighted by Crippen LogP contribution is 2.36. The Bertz CT molecular complexity index is 1190. The third-order valence-corrected chi connectivity index (χ3v) is 7.82. The number of rotatable bonds is 6. The monoisotopic (exact) mass is 456 g/mol. The predicted octanol–water partition coefficient (Wildman–Crippen LogP) is 4.84. The molecule has 0 bridgehead atoms. The molecule has 0 aliphatic carbocycles. The van der Waals surface area contributed by atoms with Crippen LogP contribution in [0.25, 0.3) is 0 Å². The molecule has 0 saturated carbocycles. The second kappa shape index (κ2) is 8.72. The lowest BCUT2D eigenvalue weighted by molar-refractivity contribution is 0.0737. The van der Waals surface area contributed by atoms with Crippen molar-refractivity contribution in [3.8, 4) is 5.75 Å². The van der Waals surface area contributed by atoms with Gasteiger partial charge in [0.1, 0.15) is 5.75 Å². The van der Waals surface area contributed by atoms with E-state index in [9.17, 15) is 13.2 Å². The Morgan fingerprint density at radius 2 is 1.97 bits per heavy atom. The summed E-state index contributed by atoms with van der Waals surface area (Å²) >= 11 is 1.64. The van der Waals surface area contributed by atoms with Crippen molar-refractivity contribution in [1.29, 1.82) is 0 Å². The van der Waals surface area contributed by atoms with E-state index in [2.05, 4.69) is 4.72 Å². The first-order valence-corrected chi connectivity index (χ1v) is 12.4. The van der Waals surface area contributed by atoms with E-state index in [1.54, 1.807) is 41.7 Å². The molecule has 31 heavy (non-hydrogen) atoms. The van der Waals surface area contributed by atoms with Crippen LogP contribution in [0.1, 0.15) is 39.7 Å². The third kappa shape index (κ3) is 4.31. The molecule has 0 unspecified atom stereocenters. The van der Waals surface area contributed by atoms with Gasteiger partial charge in [0.15, 0.2) is 0 Å². The Hall–Kier alpha value is -2.84. The lowest BCUT2D eigenvalue weighted by Crippen LogP contribution is -2.31. The van der Waals surface area contributed by atoms with Gasteiger partial charge in [-0.15, -0.1) is 11.3 Å². The number of carbonyl (C=O) groups excluding carboxylic acids is 1. The predicted molar refractivity (Wildman–Crippen MR) is 122 cm³/mol. The molecule has 0 radical (unpaired) electrons. The maximum atomic E-state index is 13.4. The number of aryl methyl sites for hydroxylation is 1. The molecule has 6 nitrogen and oxygen atoms in total. The van der Waals surface area contributed by atoms with E-state index in [1.165, 1.54) is 19.2 Å². The van der Waals surface area contributed by atoms with Crippen LogP contribution in [0.2, 0.25) is 0 Å². The number of ether oxygens (including phenoxy) is 1. The largest absolute Gasteiger partial charge is 0.495 e. The summed E-state index contributed by atoms with van der Waals surface area (Å²) in [5.41, 5.74) is 1.50. The number of carbonyl (C=O) groups is 1. The highest BCUT2D eigenvalue weighted by molar-refractivity contribution is 7.92. The first-order chi connectivity index (χ1) is 14.9. The highest BCUT2D eigenvalue weighted by Gasteiger charge is 2.32. The normalized spacial score (nSPS) is 16.3. The smallest absolute Gasteiger partial charge is 0.262 e. The summed E-state index contributed by atoms with van der Waals surface area (Å²) in [6.45, 7) is 2.49. The van der Waals surface area contributed by atoms with Gasteiger partial charge >= 0.3 is 0 Å². The maximum absolute atomic E-state index is 13.4. The number of hydrogen-bond acceptors (Lipinski definition) is 5. The standard InChI is InChI=1S/C23H24N2O4S2/c1-16-11-12-17(31(27,28)24-19-7-3-4-9-21(19)29-2)15-18(16)23(26)25-13-5-8-20(25)22-10-6-14-30-22/h3-4,6-7,9-12,14-15,20,24H,5,8,13H2,1-2H3/t20-/m1/s1. The fourth-order valence-electron chi connectivity index (χ4n) is 3.87. The summed E-state index contributed by atoms with van der Waals surface area (Å²) in [7, 11) is -2.42. The van der Waals surface area contributed by atoms with Gasteiger partial charge in [-0.05, 0) is 61.0 Å². The van der Waals surface area contributed by atoms with Gasteiger partial charge in [-0.3, -0.25) is 9.52 Å². The number of amides is 1. The van der Waals surface area contributed by atoms with Crippen LogP contribution in [0.15, 0.2) is 64.9 Å². The van der Waals surface area contributed by atoms with E-state index in [0.717, 1.165) is 23.3 Å². The quantitative estimate of drug-likeness (QED) is 0.576. The Labute approximate surface area is 186 Å². The molecule has 1 fully saturated rings. The van der Waals surface area contributed by atoms with Crippen LogP contribution in [-0.4, -0.2) is 32.9 Å². The average Bonchev–Trinajstić information content (AvgIpc) is 3.45. The number of para-hydroxylation sites is 2. The van der Waals surface area contributed by atoms with Gasteiger partial charge in [0, 0.05) is 17.0 Å². The van der Waals surface area contributed by atoms with Crippen molar-refractivity contribution < 1.29 is 17.9 Å². The van der Waals surface area contributed by atoms with Crippen molar-refractivity contribution in [3.05, 3.63) is 76.0 Å². The molecule has 8 heteroatoms. The van der Waals surface area contributed by atoms with Crippen LogP contribution in [0.3, 0.4) is 0 Å². The van der Waals surface area contributed by atoms with Crippen molar-refractivity contribution >= 4 is 33.0 Å². The Morgan fingerprint density at radius 3 is 2.71 bits per heavy atom. The van der Waals surface area contributed by atoms with Crippen molar-refractivity contribution in [3.63, 3.8) is 0 Å². The first-order valence-electron chi connectivity index (χ1n) is 10.0. The Balaban J connectivity index is 1.64. The van der Waals surface area contributed by atoms with E-state index >= 15 is 0 Å². The van der Waals surface area contributed by atoms with E-state index < -0.39 is 10.0 Å². The molecule has 1 atom stereocenters. The number of nitrogens with one attached hydrogen (secondary N) is 1. The number of anilines is 1. The zero-order valence-electron chi connectivity index (χ0n) is 17.4. The molecule has 4 rings (SSSR count). The number of nitrogens with zero attached hydrogens (tertiary/aromatic N) is 1. The maximum Gasteiger partial charge on any atom is 0.262 e. The van der Waals surface area contributed by atoms with Crippen LogP contribution in [0, 0.1) is 6.92 Å². The van der Waals surface area contributed by atoms with Gasteiger partial charge in [0.05, 0.1) is 23.7 Å². The Kier molecular flexibility index (Phi) is 6.02. The Morgan fingerprint density at radius 1 is 1.16 bits per heavy atom. The van der Waals surface area contributed by atoms with Crippen LogP contribution in [0.5, 0.6) is 5.75 Å². The minimum absolute atomic E-state index is 0.0406. The zero-order chi connectivity index (χ0) is 22.0. The molecule has 1 aliphatic rings. The SMILES string of the molecule is COc1ccccc1NS(=O)(=O)c1ccc(C)c(C(=O)N2CCC[C@@H]2c2cccs2)c1. The zero-order valence-corrected chi connectivity index (χ0v) is 19.0. The van der Waals surface area contributed by atoms with E-state index in [-0.39, 0.29) is 16.8 Å². The van der Waals surface area contributed by atoms with Gasteiger partial charge in [-0.2, -0.15) is 0 Å². The molecule has 1 N–H and O–H groups in total. The second-order valence-corrected chi connectivity index (χ2v) is 10.1. The van der Waals surface area contributed by atoms with Crippen molar-refractivity contribution in [2.75, 3.05) is 18.4 Å². The lowest BCUT2D eigenvalue weighted by Gasteiger charge is -2.25. The molecule has 1 saturated heterocycles. The van der Waals surface area contributed by atoms with Crippen LogP contribution < -0.4 is 9.46 Å². The summed E-state index contributed by atoms with van der Waals surface area (Å²) in [6, 6.07) is 15.5. The topological polar surface area (TPSA) is 75.7 Å². The van der Waals surface area contributed by atoms with Gasteiger partial charge in [-0.1, -0.05) is 24.3 Å². The lowest BCUT2D eigenvalue weighted by atomic mass is 10.1. The van der Waals surface area contributed by atoms with Crippen LogP contribution >= 0.6 is 11.3 Å². The number of thiophene rings is 1. The van der Waals surface area contributed by atoms with Crippen LogP contribution in [0.4, 0.5) is 5.69 Å². The molecular formula is C23H24N2O4S2. The summed E-state index contributed by atoms with van der Waals surface area (Å²) in [6.07, 6.45) is 1.85. The van der Waals surface area contributed by atoms with Gasteiger partial charge in [-0.25, -0.2) is 8.42 Å². The minimum Gasteiger partial charge on any atom is -0.495 e. The number of benzene rings is 2. The fourth-order valence-corrected chi connectivity index (χ4v) is 5.84. The van der Waals surface area contributed by atoms with Gasteiger partial charge in [0.2, 0.25) is 0 Å². The third-order valence-electron chi connectivity index (χ3n) is 5.49.